The highest BCUT2D eigenvalue weighted by molar-refractivity contribution is 5.71. The lowest BCUT2D eigenvalue weighted by atomic mass is 10.2. The first kappa shape index (κ1) is 18.1. The third-order valence-corrected chi connectivity index (χ3v) is 1.10. The molecule has 1 aromatic carbocycles. The minimum Gasteiger partial charge on any atom is -0.481 e. The summed E-state index contributed by atoms with van der Waals surface area (Å²) in [7, 11) is 0. The molecule has 1 rings (SSSR count). The molecular formula is C10H14F3N3O2. The number of carboxylic acid groups (broad SMARTS) is 1. The molecule has 0 unspecified atom stereocenters. The minimum absolute atomic E-state index is 0.333. The molecule has 1 aromatic rings. The topological polar surface area (TPSA) is 113 Å². The molecule has 0 aliphatic heterocycles. The Labute approximate surface area is 102 Å². The van der Waals surface area contributed by atoms with Gasteiger partial charge >= 0.3 is 6.18 Å². The average molecular weight is 265 g/mol. The van der Waals surface area contributed by atoms with Gasteiger partial charge in [-0.25, -0.2) is 0 Å². The molecule has 8 heteroatoms. The van der Waals surface area contributed by atoms with Crippen molar-refractivity contribution >= 4 is 11.9 Å². The number of guanidine groups is 1. The van der Waals surface area contributed by atoms with Crippen molar-refractivity contribution in [1.29, 1.82) is 5.41 Å². The predicted molar refractivity (Wildman–Crippen MR) is 60.9 cm³/mol. The molecule has 0 saturated heterocycles. The smallest absolute Gasteiger partial charge is 0.416 e. The van der Waals surface area contributed by atoms with Gasteiger partial charge in [-0.05, 0) is 0 Å². The Morgan fingerprint density at radius 2 is 1.50 bits per heavy atom. The Bertz CT molecular complexity index is 346. The molecule has 0 spiro atoms. The quantitative estimate of drug-likeness (QED) is 0.421. The van der Waals surface area contributed by atoms with Crippen LogP contribution in [0.3, 0.4) is 0 Å². The van der Waals surface area contributed by atoms with Crippen LogP contribution in [0.15, 0.2) is 30.3 Å². The summed E-state index contributed by atoms with van der Waals surface area (Å²) in [5.41, 5.74) is 8.34. The van der Waals surface area contributed by atoms with Crippen LogP contribution in [0.2, 0.25) is 0 Å². The van der Waals surface area contributed by atoms with Gasteiger partial charge in [0.2, 0.25) is 0 Å². The van der Waals surface area contributed by atoms with Gasteiger partial charge in [0.25, 0.3) is 5.97 Å². The van der Waals surface area contributed by atoms with Gasteiger partial charge in [-0.2, -0.15) is 13.2 Å². The van der Waals surface area contributed by atoms with Gasteiger partial charge < -0.3 is 16.6 Å². The third-order valence-electron chi connectivity index (χ3n) is 1.10. The summed E-state index contributed by atoms with van der Waals surface area (Å²) in [5, 5.41) is 13.5. The van der Waals surface area contributed by atoms with Crippen LogP contribution in [0.5, 0.6) is 0 Å². The van der Waals surface area contributed by atoms with Gasteiger partial charge in [0.15, 0.2) is 5.96 Å². The van der Waals surface area contributed by atoms with Crippen molar-refractivity contribution in [1.82, 2.24) is 0 Å². The number of carbonyl (C=O) groups is 1. The van der Waals surface area contributed by atoms with E-state index in [1.807, 2.05) is 0 Å². The predicted octanol–water partition coefficient (Wildman–Crippen LogP) is 1.63. The van der Waals surface area contributed by atoms with Crippen molar-refractivity contribution in [3.8, 4) is 0 Å². The zero-order chi connectivity index (χ0) is 14.8. The van der Waals surface area contributed by atoms with Gasteiger partial charge in [0, 0.05) is 6.92 Å². The van der Waals surface area contributed by atoms with Gasteiger partial charge in [-0.3, -0.25) is 10.2 Å². The molecule has 6 N–H and O–H groups in total. The molecule has 5 nitrogen and oxygen atoms in total. The number of nitrogens with two attached hydrogens (primary N) is 2. The van der Waals surface area contributed by atoms with Crippen LogP contribution in [0, 0.1) is 5.41 Å². The Morgan fingerprint density at radius 1 is 1.22 bits per heavy atom. The second-order valence-electron chi connectivity index (χ2n) is 2.84. The molecule has 0 aromatic heterocycles. The summed E-state index contributed by atoms with van der Waals surface area (Å²) in [6.45, 7) is 1.08. The van der Waals surface area contributed by atoms with E-state index in [9.17, 15) is 13.2 Å². The fourth-order valence-corrected chi connectivity index (χ4v) is 0.627. The zero-order valence-corrected chi connectivity index (χ0v) is 9.53. The van der Waals surface area contributed by atoms with E-state index in [4.69, 9.17) is 15.3 Å². The number of carboxylic acids is 1. The highest BCUT2D eigenvalue weighted by Crippen LogP contribution is 2.28. The van der Waals surface area contributed by atoms with Crippen LogP contribution in [0.25, 0.3) is 0 Å². The number of alkyl halides is 3. The largest absolute Gasteiger partial charge is 0.481 e. The molecule has 0 aliphatic carbocycles. The highest BCUT2D eigenvalue weighted by atomic mass is 19.4. The molecule has 0 bridgehead atoms. The van der Waals surface area contributed by atoms with Crippen LogP contribution in [-0.4, -0.2) is 17.0 Å². The SMILES string of the molecule is CC(=O)O.FC(F)(F)c1ccccc1.N=C(N)N. The maximum atomic E-state index is 11.8. The number of hydrogen-bond acceptors (Lipinski definition) is 2. The van der Waals surface area contributed by atoms with Crippen LogP contribution >= 0.6 is 0 Å². The maximum Gasteiger partial charge on any atom is 0.416 e. The van der Waals surface area contributed by atoms with Crippen molar-refractivity contribution in [2.24, 2.45) is 11.5 Å². The van der Waals surface area contributed by atoms with Gasteiger partial charge in [0.05, 0.1) is 5.56 Å². The van der Waals surface area contributed by atoms with E-state index in [1.165, 1.54) is 12.1 Å². The van der Waals surface area contributed by atoms with Crippen molar-refractivity contribution in [3.63, 3.8) is 0 Å². The number of nitrogens with one attached hydrogen (secondary N) is 1. The molecule has 0 aliphatic rings. The first-order valence-electron chi connectivity index (χ1n) is 4.48. The normalized spacial score (nSPS) is 9.11. The second kappa shape index (κ2) is 8.85. The van der Waals surface area contributed by atoms with E-state index in [0.717, 1.165) is 19.1 Å². The molecule has 0 atom stereocenters. The van der Waals surface area contributed by atoms with E-state index < -0.39 is 17.7 Å². The first-order valence-corrected chi connectivity index (χ1v) is 4.48. The summed E-state index contributed by atoms with van der Waals surface area (Å²) in [5.74, 6) is -1.17. The van der Waals surface area contributed by atoms with Crippen LogP contribution in [0.1, 0.15) is 12.5 Å². The second-order valence-corrected chi connectivity index (χ2v) is 2.84. The molecule has 0 radical (unpaired) electrons. The number of rotatable bonds is 0. The lowest BCUT2D eigenvalue weighted by Gasteiger charge is -2.03. The molecule has 0 saturated carbocycles. The summed E-state index contributed by atoms with van der Waals surface area (Å²) < 4.78 is 35.4. The fraction of sp³-hybridized carbons (Fsp3) is 0.200. The highest BCUT2D eigenvalue weighted by Gasteiger charge is 2.29. The monoisotopic (exact) mass is 265 g/mol. The summed E-state index contributed by atoms with van der Waals surface area (Å²) >= 11 is 0. The summed E-state index contributed by atoms with van der Waals surface area (Å²) in [6.07, 6.45) is -4.21. The standard InChI is InChI=1S/C7H5F3.C2H4O2.CH5N3/c8-7(9,10)6-4-2-1-3-5-6;1-2(3)4;2-1(3)4/h1-5H;1H3,(H,3,4);(H5,2,3,4). The molecule has 18 heavy (non-hydrogen) atoms. The Hall–Kier alpha value is -2.25. The average Bonchev–Trinajstić information content (AvgIpc) is 2.16. The maximum absolute atomic E-state index is 11.8. The van der Waals surface area contributed by atoms with E-state index in [0.29, 0.717) is 0 Å². The molecule has 102 valence electrons. The summed E-state index contributed by atoms with van der Waals surface area (Å²) in [6, 6.07) is 6.36. The van der Waals surface area contributed by atoms with Crippen LogP contribution in [-0.2, 0) is 11.0 Å². The van der Waals surface area contributed by atoms with Crippen LogP contribution < -0.4 is 11.5 Å². The number of aliphatic carboxylic acids is 1. The van der Waals surface area contributed by atoms with Crippen LogP contribution in [0.4, 0.5) is 13.2 Å². The summed E-state index contributed by atoms with van der Waals surface area (Å²) in [4.78, 5) is 9.00. The zero-order valence-electron chi connectivity index (χ0n) is 9.53. The number of halogens is 3. The Morgan fingerprint density at radius 3 is 1.67 bits per heavy atom. The first-order chi connectivity index (χ1) is 8.07. The van der Waals surface area contributed by atoms with Gasteiger partial charge in [-0.1, -0.05) is 30.3 Å². The third kappa shape index (κ3) is 16.2. The van der Waals surface area contributed by atoms with Crippen molar-refractivity contribution in [3.05, 3.63) is 35.9 Å². The number of benzene rings is 1. The number of hydrogen-bond donors (Lipinski definition) is 4. The van der Waals surface area contributed by atoms with E-state index in [1.54, 1.807) is 6.07 Å². The minimum atomic E-state index is -4.21. The van der Waals surface area contributed by atoms with E-state index in [2.05, 4.69) is 11.5 Å². The van der Waals surface area contributed by atoms with E-state index >= 15 is 0 Å². The van der Waals surface area contributed by atoms with Gasteiger partial charge in [-0.15, -0.1) is 0 Å². The lowest BCUT2D eigenvalue weighted by molar-refractivity contribution is -0.137. The van der Waals surface area contributed by atoms with Crippen molar-refractivity contribution in [2.45, 2.75) is 13.1 Å². The molecular weight excluding hydrogens is 251 g/mol. The van der Waals surface area contributed by atoms with Crippen molar-refractivity contribution < 1.29 is 23.1 Å². The fourth-order valence-electron chi connectivity index (χ4n) is 0.627. The van der Waals surface area contributed by atoms with Crippen molar-refractivity contribution in [2.75, 3.05) is 0 Å². The molecule has 0 fully saturated rings. The Balaban J connectivity index is 0. The molecule has 0 amide bonds. The lowest BCUT2D eigenvalue weighted by Crippen LogP contribution is -2.20. The van der Waals surface area contributed by atoms with Gasteiger partial charge in [0.1, 0.15) is 0 Å². The Kier molecular flexibility index (Phi) is 8.91. The van der Waals surface area contributed by atoms with E-state index in [-0.39, 0.29) is 5.96 Å². The molecule has 0 heterocycles.